The van der Waals surface area contributed by atoms with E-state index in [2.05, 4.69) is 0 Å². The molecule has 1 aromatic carbocycles. The maximum absolute atomic E-state index is 12.8. The van der Waals surface area contributed by atoms with Gasteiger partial charge in [-0.1, -0.05) is 19.9 Å². The van der Waals surface area contributed by atoms with Crippen LogP contribution in [0.4, 0.5) is 0 Å². The second-order valence-corrected chi connectivity index (χ2v) is 6.70. The second-order valence-electron chi connectivity index (χ2n) is 4.52. The Balaban J connectivity index is 3.30. The lowest BCUT2D eigenvalue weighted by atomic mass is 10.2. The molecule has 0 saturated heterocycles. The third-order valence-corrected chi connectivity index (χ3v) is 5.17. The van der Waals surface area contributed by atoms with Gasteiger partial charge in [-0.25, -0.2) is 8.42 Å². The van der Waals surface area contributed by atoms with E-state index in [9.17, 15) is 8.42 Å². The molecule has 1 rings (SSSR count). The van der Waals surface area contributed by atoms with E-state index in [0.29, 0.717) is 18.8 Å². The zero-order chi connectivity index (χ0) is 15.2. The molecule has 20 heavy (non-hydrogen) atoms. The Morgan fingerprint density at radius 1 is 1.20 bits per heavy atom. The Labute approximate surface area is 126 Å². The van der Waals surface area contributed by atoms with Crippen molar-refractivity contribution in [2.45, 2.75) is 37.5 Å². The van der Waals surface area contributed by atoms with Crippen LogP contribution in [-0.4, -0.2) is 32.9 Å². The van der Waals surface area contributed by atoms with Gasteiger partial charge >= 0.3 is 0 Å². The van der Waals surface area contributed by atoms with Gasteiger partial charge in [-0.2, -0.15) is 4.31 Å². The van der Waals surface area contributed by atoms with Crippen LogP contribution < -0.4 is 4.74 Å². The fourth-order valence-corrected chi connectivity index (χ4v) is 3.99. The Kier molecular flexibility index (Phi) is 6.79. The summed E-state index contributed by atoms with van der Waals surface area (Å²) >= 11 is 5.80. The van der Waals surface area contributed by atoms with Crippen molar-refractivity contribution >= 4 is 21.6 Å². The van der Waals surface area contributed by atoms with Crippen molar-refractivity contribution in [1.82, 2.24) is 4.31 Å². The van der Waals surface area contributed by atoms with Crippen LogP contribution in [0.5, 0.6) is 5.75 Å². The number of methoxy groups -OCH3 is 1. The number of benzene rings is 1. The standard InChI is InChI=1S/C14H22ClNO3S/c1-4-8-16(9-5-2)20(17,18)14-10-12(11-15)6-7-13(14)19-3/h6-7,10H,4-5,8-9,11H2,1-3H3. The van der Waals surface area contributed by atoms with Crippen molar-refractivity contribution in [3.63, 3.8) is 0 Å². The number of ether oxygens (including phenoxy) is 1. The molecule has 0 heterocycles. The summed E-state index contributed by atoms with van der Waals surface area (Å²) < 4.78 is 32.2. The summed E-state index contributed by atoms with van der Waals surface area (Å²) in [5.41, 5.74) is 0.763. The summed E-state index contributed by atoms with van der Waals surface area (Å²) in [4.78, 5) is 0.194. The lowest BCUT2D eigenvalue weighted by Gasteiger charge is -2.22. The molecule has 6 heteroatoms. The average Bonchev–Trinajstić information content (AvgIpc) is 2.46. The molecular formula is C14H22ClNO3S. The van der Waals surface area contributed by atoms with Gasteiger partial charge in [-0.15, -0.1) is 11.6 Å². The molecule has 1 aromatic rings. The number of rotatable bonds is 8. The molecule has 0 bridgehead atoms. The smallest absolute Gasteiger partial charge is 0.246 e. The summed E-state index contributed by atoms with van der Waals surface area (Å²) in [7, 11) is -2.08. The highest BCUT2D eigenvalue weighted by atomic mass is 35.5. The number of nitrogens with zero attached hydrogens (tertiary/aromatic N) is 1. The van der Waals surface area contributed by atoms with E-state index in [1.165, 1.54) is 11.4 Å². The molecule has 0 aliphatic rings. The lowest BCUT2D eigenvalue weighted by molar-refractivity contribution is 0.387. The first-order valence-electron chi connectivity index (χ1n) is 6.74. The molecule has 0 radical (unpaired) electrons. The van der Waals surface area contributed by atoms with Crippen molar-refractivity contribution < 1.29 is 13.2 Å². The Bertz CT molecular complexity index is 525. The molecule has 0 atom stereocenters. The van der Waals surface area contributed by atoms with Crippen molar-refractivity contribution in [3.8, 4) is 5.75 Å². The highest BCUT2D eigenvalue weighted by molar-refractivity contribution is 7.89. The minimum atomic E-state index is -3.55. The molecule has 0 aliphatic carbocycles. The van der Waals surface area contributed by atoms with Crippen LogP contribution in [0.15, 0.2) is 23.1 Å². The lowest BCUT2D eigenvalue weighted by Crippen LogP contribution is -2.32. The molecule has 4 nitrogen and oxygen atoms in total. The summed E-state index contributed by atoms with van der Waals surface area (Å²) in [5, 5.41) is 0. The van der Waals surface area contributed by atoms with Crippen LogP contribution in [0.25, 0.3) is 0 Å². The molecule has 0 aliphatic heterocycles. The summed E-state index contributed by atoms with van der Waals surface area (Å²) in [6.07, 6.45) is 1.55. The predicted octanol–water partition coefficient (Wildman–Crippen LogP) is 3.24. The maximum Gasteiger partial charge on any atom is 0.246 e. The van der Waals surface area contributed by atoms with Crippen molar-refractivity contribution in [2.24, 2.45) is 0 Å². The normalized spacial score (nSPS) is 11.8. The Morgan fingerprint density at radius 2 is 1.80 bits per heavy atom. The molecule has 114 valence electrons. The van der Waals surface area contributed by atoms with Gasteiger partial charge in [0.05, 0.1) is 7.11 Å². The topological polar surface area (TPSA) is 46.6 Å². The zero-order valence-electron chi connectivity index (χ0n) is 12.2. The summed E-state index contributed by atoms with van der Waals surface area (Å²) in [6.45, 7) is 4.93. The third kappa shape index (κ3) is 3.87. The van der Waals surface area contributed by atoms with Crippen LogP contribution in [0.1, 0.15) is 32.3 Å². The van der Waals surface area contributed by atoms with Crippen LogP contribution >= 0.6 is 11.6 Å². The van der Waals surface area contributed by atoms with E-state index in [-0.39, 0.29) is 10.8 Å². The minimum Gasteiger partial charge on any atom is -0.495 e. The van der Waals surface area contributed by atoms with Crippen LogP contribution in [-0.2, 0) is 15.9 Å². The number of halogens is 1. The van der Waals surface area contributed by atoms with E-state index in [4.69, 9.17) is 16.3 Å². The fourth-order valence-electron chi connectivity index (χ4n) is 2.00. The second kappa shape index (κ2) is 7.86. The highest BCUT2D eigenvalue weighted by Crippen LogP contribution is 2.28. The summed E-state index contributed by atoms with van der Waals surface area (Å²) in [6, 6.07) is 5.02. The monoisotopic (exact) mass is 319 g/mol. The van der Waals surface area contributed by atoms with Gasteiger partial charge in [-0.05, 0) is 30.5 Å². The minimum absolute atomic E-state index is 0.194. The molecule has 0 spiro atoms. The first-order valence-corrected chi connectivity index (χ1v) is 8.71. The molecule has 0 aromatic heterocycles. The van der Waals surface area contributed by atoms with E-state index in [0.717, 1.165) is 18.4 Å². The molecule has 0 saturated carbocycles. The largest absolute Gasteiger partial charge is 0.495 e. The van der Waals surface area contributed by atoms with Crippen LogP contribution in [0, 0.1) is 0 Å². The summed E-state index contributed by atoms with van der Waals surface area (Å²) in [5.74, 6) is 0.629. The van der Waals surface area contributed by atoms with Gasteiger partial charge in [0.15, 0.2) is 0 Å². The quantitative estimate of drug-likeness (QED) is 0.691. The SMILES string of the molecule is CCCN(CCC)S(=O)(=O)c1cc(CCl)ccc1OC. The zero-order valence-corrected chi connectivity index (χ0v) is 13.8. The first-order chi connectivity index (χ1) is 9.51. The van der Waals surface area contributed by atoms with Gasteiger partial charge in [-0.3, -0.25) is 0 Å². The predicted molar refractivity (Wildman–Crippen MR) is 81.9 cm³/mol. The number of hydrogen-bond donors (Lipinski definition) is 0. The molecule has 0 unspecified atom stereocenters. The van der Waals surface area contributed by atoms with Crippen molar-refractivity contribution in [2.75, 3.05) is 20.2 Å². The van der Waals surface area contributed by atoms with Gasteiger partial charge < -0.3 is 4.74 Å². The fraction of sp³-hybridized carbons (Fsp3) is 0.571. The van der Waals surface area contributed by atoms with Crippen molar-refractivity contribution in [3.05, 3.63) is 23.8 Å². The first kappa shape index (κ1) is 17.3. The highest BCUT2D eigenvalue weighted by Gasteiger charge is 2.26. The number of hydrogen-bond acceptors (Lipinski definition) is 3. The van der Waals surface area contributed by atoms with E-state index in [1.54, 1.807) is 18.2 Å². The Hall–Kier alpha value is -0.780. The van der Waals surface area contributed by atoms with E-state index >= 15 is 0 Å². The molecule has 0 fully saturated rings. The number of sulfonamides is 1. The Morgan fingerprint density at radius 3 is 2.25 bits per heavy atom. The third-order valence-electron chi connectivity index (χ3n) is 2.95. The van der Waals surface area contributed by atoms with Gasteiger partial charge in [0.2, 0.25) is 10.0 Å². The molecule has 0 amide bonds. The van der Waals surface area contributed by atoms with Crippen LogP contribution in [0.3, 0.4) is 0 Å². The molecule has 0 N–H and O–H groups in total. The van der Waals surface area contributed by atoms with Crippen LogP contribution in [0.2, 0.25) is 0 Å². The van der Waals surface area contributed by atoms with Gasteiger partial charge in [0, 0.05) is 19.0 Å². The van der Waals surface area contributed by atoms with E-state index < -0.39 is 10.0 Å². The van der Waals surface area contributed by atoms with Gasteiger partial charge in [0.1, 0.15) is 10.6 Å². The molecular weight excluding hydrogens is 298 g/mol. The average molecular weight is 320 g/mol. The number of alkyl halides is 1. The van der Waals surface area contributed by atoms with Gasteiger partial charge in [0.25, 0.3) is 0 Å². The maximum atomic E-state index is 12.8. The van der Waals surface area contributed by atoms with Crippen molar-refractivity contribution in [1.29, 1.82) is 0 Å². The van der Waals surface area contributed by atoms with E-state index in [1.807, 2.05) is 13.8 Å².